The van der Waals surface area contributed by atoms with Gasteiger partial charge >= 0.3 is 0 Å². The van der Waals surface area contributed by atoms with Gasteiger partial charge in [-0.2, -0.15) is 0 Å². The van der Waals surface area contributed by atoms with Crippen LogP contribution in [0.1, 0.15) is 44.1 Å². The van der Waals surface area contributed by atoms with Crippen molar-refractivity contribution in [3.05, 3.63) is 34.9 Å². The predicted molar refractivity (Wildman–Crippen MR) is 110 cm³/mol. The molecule has 3 aliphatic rings. The maximum atomic E-state index is 12.9. The molecule has 3 unspecified atom stereocenters. The number of piperazine rings is 1. The van der Waals surface area contributed by atoms with E-state index in [2.05, 4.69) is 11.8 Å². The second-order valence-electron chi connectivity index (χ2n) is 8.50. The maximum Gasteiger partial charge on any atom is 0.236 e. The van der Waals surface area contributed by atoms with E-state index in [1.54, 1.807) is 0 Å². The van der Waals surface area contributed by atoms with Crippen LogP contribution in [-0.2, 0) is 9.59 Å². The molecule has 2 amide bonds. The average molecular weight is 404 g/mol. The number of carbonyl (C=O) groups excluding carboxylic acids is 2. The zero-order valence-corrected chi connectivity index (χ0v) is 17.4. The molecule has 3 atom stereocenters. The molecule has 1 saturated carbocycles. The molecule has 152 valence electrons. The summed E-state index contributed by atoms with van der Waals surface area (Å²) < 4.78 is 0. The fourth-order valence-electron chi connectivity index (χ4n) is 4.70. The second kappa shape index (κ2) is 8.42. The Labute approximate surface area is 172 Å². The van der Waals surface area contributed by atoms with Crippen LogP contribution in [-0.4, -0.2) is 71.8 Å². The Kier molecular flexibility index (Phi) is 5.93. The minimum Gasteiger partial charge on any atom is -0.340 e. The summed E-state index contributed by atoms with van der Waals surface area (Å²) in [6.07, 6.45) is 4.35. The Balaban J connectivity index is 1.25. The molecule has 1 aromatic carbocycles. The van der Waals surface area contributed by atoms with Crippen LogP contribution in [0.15, 0.2) is 24.3 Å². The molecule has 0 spiro atoms. The van der Waals surface area contributed by atoms with Crippen molar-refractivity contribution in [2.24, 2.45) is 5.92 Å². The number of hydrogen-bond acceptors (Lipinski definition) is 3. The van der Waals surface area contributed by atoms with Gasteiger partial charge in [-0.15, -0.1) is 0 Å². The van der Waals surface area contributed by atoms with E-state index in [9.17, 15) is 9.59 Å². The normalized spacial score (nSPS) is 28.3. The maximum absolute atomic E-state index is 12.9. The first-order valence-corrected chi connectivity index (χ1v) is 11.0. The fraction of sp³-hybridized carbons (Fsp3) is 0.636. The Morgan fingerprint density at radius 1 is 1.07 bits per heavy atom. The van der Waals surface area contributed by atoms with Gasteiger partial charge in [0, 0.05) is 49.7 Å². The van der Waals surface area contributed by atoms with Crippen molar-refractivity contribution in [3.8, 4) is 0 Å². The highest BCUT2D eigenvalue weighted by Crippen LogP contribution is 2.50. The third-order valence-corrected chi connectivity index (χ3v) is 6.92. The van der Waals surface area contributed by atoms with E-state index in [1.807, 2.05) is 34.1 Å². The number of rotatable bonds is 4. The van der Waals surface area contributed by atoms with Crippen molar-refractivity contribution < 1.29 is 9.59 Å². The van der Waals surface area contributed by atoms with Crippen molar-refractivity contribution in [3.63, 3.8) is 0 Å². The molecule has 6 heteroatoms. The van der Waals surface area contributed by atoms with Crippen molar-refractivity contribution in [2.75, 3.05) is 39.3 Å². The van der Waals surface area contributed by atoms with Crippen LogP contribution in [0.2, 0.25) is 5.02 Å². The minimum atomic E-state index is 0.0716. The monoisotopic (exact) mass is 403 g/mol. The molecular weight excluding hydrogens is 374 g/mol. The summed E-state index contributed by atoms with van der Waals surface area (Å²) >= 11 is 6.29. The molecule has 4 rings (SSSR count). The lowest BCUT2D eigenvalue weighted by atomic mass is 10.0. The highest BCUT2D eigenvalue weighted by molar-refractivity contribution is 6.31. The van der Waals surface area contributed by atoms with Crippen molar-refractivity contribution >= 4 is 23.4 Å². The standard InChI is InChI=1S/C22H30ClN3O2/c1-16-6-4-5-9-26(16)21(27)15-24-10-12-25(13-11-24)22(28)19-14-18(19)17-7-2-3-8-20(17)23/h2-3,7-8,16,18-19H,4-6,9-15H2,1H3. The number of benzene rings is 1. The van der Waals surface area contributed by atoms with Crippen molar-refractivity contribution in [1.29, 1.82) is 0 Å². The molecule has 1 aromatic rings. The predicted octanol–water partition coefficient (Wildman–Crippen LogP) is 2.99. The van der Waals surface area contributed by atoms with Gasteiger partial charge in [-0.05, 0) is 50.2 Å². The SMILES string of the molecule is CC1CCCCN1C(=O)CN1CCN(C(=O)C2CC2c2ccccc2Cl)CC1. The van der Waals surface area contributed by atoms with E-state index in [4.69, 9.17) is 11.6 Å². The lowest BCUT2D eigenvalue weighted by Crippen LogP contribution is -2.53. The van der Waals surface area contributed by atoms with Crippen LogP contribution in [0.3, 0.4) is 0 Å². The topological polar surface area (TPSA) is 43.9 Å². The summed E-state index contributed by atoms with van der Waals surface area (Å²) in [5.74, 6) is 0.831. The first kappa shape index (κ1) is 19.7. The van der Waals surface area contributed by atoms with E-state index in [0.29, 0.717) is 25.7 Å². The molecule has 0 bridgehead atoms. The molecule has 3 fully saturated rings. The summed E-state index contributed by atoms with van der Waals surface area (Å²) in [6.45, 7) is 6.52. The smallest absolute Gasteiger partial charge is 0.236 e. The van der Waals surface area contributed by atoms with Gasteiger partial charge in [0.05, 0.1) is 6.54 Å². The van der Waals surface area contributed by atoms with Crippen molar-refractivity contribution in [2.45, 2.75) is 44.6 Å². The molecule has 0 aromatic heterocycles. The fourth-order valence-corrected chi connectivity index (χ4v) is 4.97. The Morgan fingerprint density at radius 3 is 2.54 bits per heavy atom. The highest BCUT2D eigenvalue weighted by Gasteiger charge is 2.46. The molecule has 5 nitrogen and oxygen atoms in total. The van der Waals surface area contributed by atoms with Crippen LogP contribution in [0.5, 0.6) is 0 Å². The van der Waals surface area contributed by atoms with E-state index in [1.165, 1.54) is 6.42 Å². The molecule has 0 radical (unpaired) electrons. The summed E-state index contributed by atoms with van der Waals surface area (Å²) in [5, 5.41) is 0.762. The van der Waals surface area contributed by atoms with Crippen LogP contribution < -0.4 is 0 Å². The summed E-state index contributed by atoms with van der Waals surface area (Å²) in [6, 6.07) is 8.21. The van der Waals surface area contributed by atoms with Gasteiger partial charge in [0.2, 0.25) is 11.8 Å². The van der Waals surface area contributed by atoms with Crippen LogP contribution in [0, 0.1) is 5.92 Å². The Morgan fingerprint density at radius 2 is 1.82 bits per heavy atom. The average Bonchev–Trinajstić information content (AvgIpc) is 3.49. The van der Waals surface area contributed by atoms with Crippen LogP contribution >= 0.6 is 11.6 Å². The third-order valence-electron chi connectivity index (χ3n) is 6.58. The van der Waals surface area contributed by atoms with Gasteiger partial charge in [0.15, 0.2) is 0 Å². The molecule has 2 heterocycles. The molecule has 1 aliphatic carbocycles. The third kappa shape index (κ3) is 4.20. The molecular formula is C22H30ClN3O2. The first-order valence-electron chi connectivity index (χ1n) is 10.6. The van der Waals surface area contributed by atoms with Gasteiger partial charge in [0.1, 0.15) is 0 Å². The van der Waals surface area contributed by atoms with Crippen LogP contribution in [0.25, 0.3) is 0 Å². The summed E-state index contributed by atoms with van der Waals surface area (Å²) in [5.41, 5.74) is 1.10. The summed E-state index contributed by atoms with van der Waals surface area (Å²) in [4.78, 5) is 31.7. The molecule has 2 saturated heterocycles. The number of amides is 2. The lowest BCUT2D eigenvalue weighted by Gasteiger charge is -2.38. The zero-order valence-electron chi connectivity index (χ0n) is 16.6. The second-order valence-corrected chi connectivity index (χ2v) is 8.91. The van der Waals surface area contributed by atoms with E-state index >= 15 is 0 Å². The molecule has 28 heavy (non-hydrogen) atoms. The van der Waals surface area contributed by atoms with Gasteiger partial charge in [-0.1, -0.05) is 29.8 Å². The van der Waals surface area contributed by atoms with Gasteiger partial charge in [0.25, 0.3) is 0 Å². The van der Waals surface area contributed by atoms with Crippen LogP contribution in [0.4, 0.5) is 0 Å². The summed E-state index contributed by atoms with van der Waals surface area (Å²) in [7, 11) is 0. The number of likely N-dealkylation sites (tertiary alicyclic amines) is 1. The Bertz CT molecular complexity index is 732. The van der Waals surface area contributed by atoms with Crippen molar-refractivity contribution in [1.82, 2.24) is 14.7 Å². The lowest BCUT2D eigenvalue weighted by molar-refractivity contribution is -0.137. The van der Waals surface area contributed by atoms with Gasteiger partial charge in [-0.3, -0.25) is 14.5 Å². The number of piperidine rings is 1. The quantitative estimate of drug-likeness (QED) is 0.776. The zero-order chi connectivity index (χ0) is 19.7. The van der Waals surface area contributed by atoms with E-state index in [-0.39, 0.29) is 23.7 Å². The number of nitrogens with zero attached hydrogens (tertiary/aromatic N) is 3. The molecule has 0 N–H and O–H groups in total. The number of halogens is 1. The first-order chi connectivity index (χ1) is 13.5. The number of carbonyl (C=O) groups is 2. The number of hydrogen-bond donors (Lipinski definition) is 0. The largest absolute Gasteiger partial charge is 0.340 e. The van der Waals surface area contributed by atoms with Gasteiger partial charge in [-0.25, -0.2) is 0 Å². The van der Waals surface area contributed by atoms with E-state index in [0.717, 1.165) is 49.5 Å². The minimum absolute atomic E-state index is 0.0716. The Hall–Kier alpha value is -1.59. The van der Waals surface area contributed by atoms with E-state index < -0.39 is 0 Å². The molecule has 2 aliphatic heterocycles. The van der Waals surface area contributed by atoms with Gasteiger partial charge < -0.3 is 9.80 Å². The highest BCUT2D eigenvalue weighted by atomic mass is 35.5.